The van der Waals surface area contributed by atoms with Gasteiger partial charge in [-0.3, -0.25) is 4.79 Å². The number of thioether (sulfide) groups is 1. The van der Waals surface area contributed by atoms with Gasteiger partial charge in [0.1, 0.15) is 5.82 Å². The molecule has 0 spiro atoms. The van der Waals surface area contributed by atoms with Crippen LogP contribution in [0.15, 0.2) is 53.4 Å². The van der Waals surface area contributed by atoms with Crippen LogP contribution >= 0.6 is 23.4 Å². The molecule has 0 aromatic heterocycles. The Bertz CT molecular complexity index is 633. The predicted molar refractivity (Wildman–Crippen MR) is 89.8 cm³/mol. The van der Waals surface area contributed by atoms with Crippen molar-refractivity contribution in [1.82, 2.24) is 5.32 Å². The van der Waals surface area contributed by atoms with E-state index in [0.717, 1.165) is 10.5 Å². The van der Waals surface area contributed by atoms with E-state index in [1.165, 1.54) is 23.9 Å². The van der Waals surface area contributed by atoms with Crippen molar-refractivity contribution in [2.45, 2.75) is 24.3 Å². The van der Waals surface area contributed by atoms with Gasteiger partial charge in [0.15, 0.2) is 0 Å². The number of nitrogens with one attached hydrogen (secondary N) is 1. The third-order valence-corrected chi connectivity index (χ3v) is 4.52. The summed E-state index contributed by atoms with van der Waals surface area (Å²) in [6, 6.07) is 13.6. The van der Waals surface area contributed by atoms with Crippen LogP contribution in [0, 0.1) is 5.82 Å². The lowest BCUT2D eigenvalue weighted by Gasteiger charge is -2.15. The molecule has 0 heterocycles. The summed E-state index contributed by atoms with van der Waals surface area (Å²) in [5.41, 5.74) is 0.906. The van der Waals surface area contributed by atoms with Crippen molar-refractivity contribution in [3.05, 3.63) is 64.9 Å². The molecule has 0 aliphatic rings. The minimum Gasteiger partial charge on any atom is -0.350 e. The maximum Gasteiger partial charge on any atom is 0.221 e. The van der Waals surface area contributed by atoms with Gasteiger partial charge < -0.3 is 5.32 Å². The van der Waals surface area contributed by atoms with Gasteiger partial charge in [-0.1, -0.05) is 29.8 Å². The molecule has 0 saturated heterocycles. The first-order valence-corrected chi connectivity index (χ1v) is 8.35. The Kier molecular flexibility index (Phi) is 6.28. The molecule has 2 rings (SSSR count). The van der Waals surface area contributed by atoms with Crippen LogP contribution in [0.3, 0.4) is 0 Å². The van der Waals surface area contributed by atoms with Crippen LogP contribution in [0.5, 0.6) is 0 Å². The van der Waals surface area contributed by atoms with Gasteiger partial charge in [0, 0.05) is 22.1 Å². The summed E-state index contributed by atoms with van der Waals surface area (Å²) in [4.78, 5) is 12.9. The van der Waals surface area contributed by atoms with Gasteiger partial charge in [0.25, 0.3) is 0 Å². The molecule has 1 atom stereocenters. The summed E-state index contributed by atoms with van der Waals surface area (Å²) in [5.74, 6) is 0.366. The summed E-state index contributed by atoms with van der Waals surface area (Å²) in [5, 5.41) is 3.58. The molecular weight excluding hydrogens is 321 g/mol. The molecule has 0 radical (unpaired) electrons. The highest BCUT2D eigenvalue weighted by atomic mass is 35.5. The molecule has 22 heavy (non-hydrogen) atoms. The monoisotopic (exact) mass is 337 g/mol. The van der Waals surface area contributed by atoms with Crippen molar-refractivity contribution < 1.29 is 9.18 Å². The van der Waals surface area contributed by atoms with Gasteiger partial charge in [-0.25, -0.2) is 4.39 Å². The Morgan fingerprint density at radius 2 is 1.91 bits per heavy atom. The average molecular weight is 338 g/mol. The maximum atomic E-state index is 12.8. The number of amides is 1. The van der Waals surface area contributed by atoms with Crippen LogP contribution in [0.1, 0.15) is 24.9 Å². The van der Waals surface area contributed by atoms with Crippen LogP contribution < -0.4 is 5.32 Å². The second kappa shape index (κ2) is 8.20. The Morgan fingerprint density at radius 1 is 1.23 bits per heavy atom. The average Bonchev–Trinajstić information content (AvgIpc) is 2.49. The molecule has 0 fully saturated rings. The van der Waals surface area contributed by atoms with E-state index in [9.17, 15) is 9.18 Å². The topological polar surface area (TPSA) is 29.1 Å². The SMILES string of the molecule is CC(NC(=O)CCSc1ccc(F)cc1)c1ccccc1Cl. The van der Waals surface area contributed by atoms with Gasteiger partial charge in [-0.05, 0) is 42.8 Å². The van der Waals surface area contributed by atoms with Crippen LogP contribution in [0.4, 0.5) is 4.39 Å². The number of carbonyl (C=O) groups is 1. The molecule has 5 heteroatoms. The molecule has 1 N–H and O–H groups in total. The second-order valence-corrected chi connectivity index (χ2v) is 6.44. The van der Waals surface area contributed by atoms with E-state index in [1.54, 1.807) is 12.1 Å². The Balaban J connectivity index is 1.78. The number of benzene rings is 2. The Labute approximate surface area is 139 Å². The van der Waals surface area contributed by atoms with Crippen LogP contribution in [-0.4, -0.2) is 11.7 Å². The van der Waals surface area contributed by atoms with Crippen molar-refractivity contribution >= 4 is 29.3 Å². The highest BCUT2D eigenvalue weighted by Crippen LogP contribution is 2.23. The normalized spacial score (nSPS) is 12.0. The highest BCUT2D eigenvalue weighted by molar-refractivity contribution is 7.99. The van der Waals surface area contributed by atoms with Crippen molar-refractivity contribution in [2.75, 3.05) is 5.75 Å². The fourth-order valence-corrected chi connectivity index (χ4v) is 3.16. The van der Waals surface area contributed by atoms with Crippen molar-refractivity contribution in [3.63, 3.8) is 0 Å². The molecule has 1 unspecified atom stereocenters. The summed E-state index contributed by atoms with van der Waals surface area (Å²) >= 11 is 7.64. The number of rotatable bonds is 6. The third kappa shape index (κ3) is 5.04. The zero-order valence-corrected chi connectivity index (χ0v) is 13.8. The summed E-state index contributed by atoms with van der Waals surface area (Å²) in [6.45, 7) is 1.91. The van der Waals surface area contributed by atoms with Crippen LogP contribution in [0.25, 0.3) is 0 Å². The van der Waals surface area contributed by atoms with E-state index in [0.29, 0.717) is 17.2 Å². The van der Waals surface area contributed by atoms with Gasteiger partial charge in [-0.2, -0.15) is 0 Å². The zero-order chi connectivity index (χ0) is 15.9. The van der Waals surface area contributed by atoms with Crippen molar-refractivity contribution in [1.29, 1.82) is 0 Å². The number of halogens is 2. The lowest BCUT2D eigenvalue weighted by molar-refractivity contribution is -0.121. The fraction of sp³-hybridized carbons (Fsp3) is 0.235. The van der Waals surface area contributed by atoms with Crippen molar-refractivity contribution in [2.24, 2.45) is 0 Å². The summed E-state index contributed by atoms with van der Waals surface area (Å²) in [6.07, 6.45) is 0.400. The molecule has 2 aromatic carbocycles. The van der Waals surface area contributed by atoms with Gasteiger partial charge >= 0.3 is 0 Å². The smallest absolute Gasteiger partial charge is 0.221 e. The van der Waals surface area contributed by atoms with Gasteiger partial charge in [0.2, 0.25) is 5.91 Å². The maximum absolute atomic E-state index is 12.8. The molecule has 0 aliphatic heterocycles. The van der Waals surface area contributed by atoms with Gasteiger partial charge in [0.05, 0.1) is 6.04 Å². The minimum absolute atomic E-state index is 0.0259. The number of carbonyl (C=O) groups excluding carboxylic acids is 1. The molecule has 116 valence electrons. The number of hydrogen-bond donors (Lipinski definition) is 1. The summed E-state index contributed by atoms with van der Waals surface area (Å²) in [7, 11) is 0. The minimum atomic E-state index is -0.254. The molecule has 1 amide bonds. The summed E-state index contributed by atoms with van der Waals surface area (Å²) < 4.78 is 12.8. The first-order chi connectivity index (χ1) is 10.6. The standard InChI is InChI=1S/C17H17ClFNOS/c1-12(15-4-2-3-5-16(15)18)20-17(21)10-11-22-14-8-6-13(19)7-9-14/h2-9,12H,10-11H2,1H3,(H,20,21). The van der Waals surface area contributed by atoms with Crippen LogP contribution in [-0.2, 0) is 4.79 Å². The molecule has 0 saturated carbocycles. The highest BCUT2D eigenvalue weighted by Gasteiger charge is 2.12. The van der Waals surface area contributed by atoms with E-state index in [4.69, 9.17) is 11.6 Å². The molecular formula is C17H17ClFNOS. The first kappa shape index (κ1) is 16.8. The third-order valence-electron chi connectivity index (χ3n) is 3.16. The number of hydrogen-bond acceptors (Lipinski definition) is 2. The van der Waals surface area contributed by atoms with E-state index >= 15 is 0 Å². The molecule has 2 nitrogen and oxygen atoms in total. The van der Waals surface area contributed by atoms with Crippen molar-refractivity contribution in [3.8, 4) is 0 Å². The quantitative estimate of drug-likeness (QED) is 0.764. The molecule has 2 aromatic rings. The Hall–Kier alpha value is -1.52. The van der Waals surface area contributed by atoms with Gasteiger partial charge in [-0.15, -0.1) is 11.8 Å². The molecule has 0 aliphatic carbocycles. The molecule has 0 bridgehead atoms. The second-order valence-electron chi connectivity index (χ2n) is 4.86. The predicted octanol–water partition coefficient (Wildman–Crippen LogP) is 4.84. The van der Waals surface area contributed by atoms with Crippen LogP contribution in [0.2, 0.25) is 5.02 Å². The zero-order valence-electron chi connectivity index (χ0n) is 12.2. The van der Waals surface area contributed by atoms with E-state index in [1.807, 2.05) is 31.2 Å². The lowest BCUT2D eigenvalue weighted by Crippen LogP contribution is -2.27. The lowest BCUT2D eigenvalue weighted by atomic mass is 10.1. The largest absolute Gasteiger partial charge is 0.350 e. The van der Waals surface area contributed by atoms with E-state index in [-0.39, 0.29) is 17.8 Å². The Morgan fingerprint density at radius 3 is 2.59 bits per heavy atom. The first-order valence-electron chi connectivity index (χ1n) is 6.98. The van der Waals surface area contributed by atoms with E-state index < -0.39 is 0 Å². The fourth-order valence-electron chi connectivity index (χ4n) is 2.01. The van der Waals surface area contributed by atoms with E-state index in [2.05, 4.69) is 5.32 Å².